The third-order valence-electron chi connectivity index (χ3n) is 3.50. The molecule has 0 aliphatic heterocycles. The lowest BCUT2D eigenvalue weighted by Gasteiger charge is -2.08. The molecule has 0 bridgehead atoms. The fourth-order valence-corrected chi connectivity index (χ4v) is 2.81. The van der Waals surface area contributed by atoms with Crippen LogP contribution in [0.15, 0.2) is 83.9 Å². The van der Waals surface area contributed by atoms with Gasteiger partial charge in [0.1, 0.15) is 0 Å². The van der Waals surface area contributed by atoms with Gasteiger partial charge in [-0.25, -0.2) is 0 Å². The molecular formula is C20H15Br. The molecular weight excluding hydrogens is 320 g/mol. The van der Waals surface area contributed by atoms with Crippen molar-refractivity contribution in [3.63, 3.8) is 0 Å². The van der Waals surface area contributed by atoms with Crippen molar-refractivity contribution in [3.8, 4) is 0 Å². The Balaban J connectivity index is 2.19. The van der Waals surface area contributed by atoms with Crippen LogP contribution in [0.2, 0.25) is 0 Å². The van der Waals surface area contributed by atoms with Crippen molar-refractivity contribution in [1.82, 2.24) is 0 Å². The van der Waals surface area contributed by atoms with E-state index in [-0.39, 0.29) is 0 Å². The molecule has 0 fully saturated rings. The maximum Gasteiger partial charge on any atom is 0.0182 e. The summed E-state index contributed by atoms with van der Waals surface area (Å²) in [5.74, 6) is 0. The fraction of sp³-hybridized carbons (Fsp3) is 0. The Labute approximate surface area is 133 Å². The minimum atomic E-state index is 0.890. The van der Waals surface area contributed by atoms with Crippen LogP contribution in [0.4, 0.5) is 0 Å². The van der Waals surface area contributed by atoms with Gasteiger partial charge < -0.3 is 0 Å². The highest BCUT2D eigenvalue weighted by molar-refractivity contribution is 9.12. The van der Waals surface area contributed by atoms with Crippen molar-refractivity contribution in [2.45, 2.75) is 0 Å². The van der Waals surface area contributed by atoms with Gasteiger partial charge in [-0.3, -0.25) is 0 Å². The van der Waals surface area contributed by atoms with E-state index < -0.39 is 0 Å². The van der Waals surface area contributed by atoms with Crippen LogP contribution in [0.3, 0.4) is 0 Å². The van der Waals surface area contributed by atoms with Crippen LogP contribution in [-0.2, 0) is 0 Å². The Kier molecular flexibility index (Phi) is 4.03. The van der Waals surface area contributed by atoms with Crippen molar-refractivity contribution < 1.29 is 0 Å². The molecule has 0 nitrogen and oxygen atoms in total. The Hall–Kier alpha value is -2.12. The van der Waals surface area contributed by atoms with E-state index in [2.05, 4.69) is 83.2 Å². The summed E-state index contributed by atoms with van der Waals surface area (Å²) in [6, 6.07) is 25.1. The highest BCUT2D eigenvalue weighted by Gasteiger charge is 2.05. The van der Waals surface area contributed by atoms with Crippen molar-refractivity contribution in [3.05, 3.63) is 95.0 Å². The summed E-state index contributed by atoms with van der Waals surface area (Å²) in [5, 5.41) is 2.50. The lowest BCUT2D eigenvalue weighted by Crippen LogP contribution is -1.85. The summed E-state index contributed by atoms with van der Waals surface area (Å²) in [5.41, 5.74) is 3.46. The molecule has 0 atom stereocenters. The van der Waals surface area contributed by atoms with Gasteiger partial charge in [-0.15, -0.1) is 0 Å². The Morgan fingerprint density at radius 2 is 1.48 bits per heavy atom. The zero-order valence-corrected chi connectivity index (χ0v) is 13.2. The molecule has 0 amide bonds. The van der Waals surface area contributed by atoms with Gasteiger partial charge in [0.15, 0.2) is 0 Å². The summed E-state index contributed by atoms with van der Waals surface area (Å²) >= 11 is 3.54. The third-order valence-corrected chi connectivity index (χ3v) is 3.93. The van der Waals surface area contributed by atoms with Crippen molar-refractivity contribution in [2.24, 2.45) is 0 Å². The molecule has 0 saturated heterocycles. The predicted molar refractivity (Wildman–Crippen MR) is 96.3 cm³/mol. The zero-order valence-electron chi connectivity index (χ0n) is 11.6. The van der Waals surface area contributed by atoms with E-state index in [0.717, 1.165) is 15.6 Å². The summed E-state index contributed by atoms with van der Waals surface area (Å²) in [7, 11) is 0. The minimum absolute atomic E-state index is 0.890. The average molecular weight is 335 g/mol. The largest absolute Gasteiger partial charge is 0.0841 e. The first-order chi connectivity index (χ1) is 10.3. The number of hydrogen-bond donors (Lipinski definition) is 0. The molecule has 0 spiro atoms. The second-order valence-electron chi connectivity index (χ2n) is 4.90. The predicted octanol–water partition coefficient (Wildman–Crippen LogP) is 6.29. The highest BCUT2D eigenvalue weighted by Crippen LogP contribution is 2.30. The molecule has 21 heavy (non-hydrogen) atoms. The van der Waals surface area contributed by atoms with E-state index in [0.29, 0.717) is 0 Å². The molecule has 0 saturated carbocycles. The average Bonchev–Trinajstić information content (AvgIpc) is 2.53. The molecule has 0 aromatic heterocycles. The van der Waals surface area contributed by atoms with E-state index in [9.17, 15) is 0 Å². The van der Waals surface area contributed by atoms with Gasteiger partial charge in [0.2, 0.25) is 0 Å². The number of fused-ring (bicyclic) bond motifs is 1. The van der Waals surface area contributed by atoms with Crippen LogP contribution >= 0.6 is 15.9 Å². The molecule has 0 N–H and O–H groups in total. The number of allylic oxidation sites excluding steroid dienone is 2. The highest BCUT2D eigenvalue weighted by atomic mass is 79.9. The van der Waals surface area contributed by atoms with Gasteiger partial charge in [0.05, 0.1) is 0 Å². The van der Waals surface area contributed by atoms with Crippen molar-refractivity contribution >= 4 is 38.4 Å². The molecule has 3 rings (SSSR count). The molecule has 0 aliphatic rings. The SMILES string of the molecule is C=C(Br)/C(=C\c1cccc2ccccc12)c1ccccc1. The number of halogens is 1. The lowest BCUT2D eigenvalue weighted by molar-refractivity contribution is 1.62. The standard InChI is InChI=1S/C20H15Br/c1-15(21)20(17-8-3-2-4-9-17)14-18-12-7-11-16-10-5-6-13-19(16)18/h2-14H,1H2/b20-14+. The monoisotopic (exact) mass is 334 g/mol. The van der Waals surface area contributed by atoms with Crippen LogP contribution < -0.4 is 0 Å². The molecule has 3 aromatic rings. The second-order valence-corrected chi connectivity index (χ2v) is 5.85. The fourth-order valence-electron chi connectivity index (χ4n) is 2.47. The maximum atomic E-state index is 4.06. The van der Waals surface area contributed by atoms with Gasteiger partial charge in [0, 0.05) is 4.48 Å². The van der Waals surface area contributed by atoms with E-state index in [4.69, 9.17) is 0 Å². The van der Waals surface area contributed by atoms with Crippen molar-refractivity contribution in [2.75, 3.05) is 0 Å². The Bertz CT molecular complexity index is 808. The first kappa shape index (κ1) is 13.8. The van der Waals surface area contributed by atoms with E-state index in [1.165, 1.54) is 16.3 Å². The Morgan fingerprint density at radius 3 is 2.24 bits per heavy atom. The van der Waals surface area contributed by atoms with Gasteiger partial charge >= 0.3 is 0 Å². The van der Waals surface area contributed by atoms with Gasteiger partial charge in [0.25, 0.3) is 0 Å². The number of hydrogen-bond acceptors (Lipinski definition) is 0. The van der Waals surface area contributed by atoms with Crippen LogP contribution in [0.25, 0.3) is 22.4 Å². The Morgan fingerprint density at radius 1 is 0.810 bits per heavy atom. The van der Waals surface area contributed by atoms with Gasteiger partial charge in [-0.2, -0.15) is 0 Å². The molecule has 3 aromatic carbocycles. The van der Waals surface area contributed by atoms with E-state index in [1.54, 1.807) is 0 Å². The van der Waals surface area contributed by atoms with Crippen molar-refractivity contribution in [1.29, 1.82) is 0 Å². The smallest absolute Gasteiger partial charge is 0.0182 e. The number of benzene rings is 3. The second kappa shape index (κ2) is 6.11. The van der Waals surface area contributed by atoms with Gasteiger partial charge in [-0.05, 0) is 33.5 Å². The molecule has 0 radical (unpaired) electrons. The lowest BCUT2D eigenvalue weighted by atomic mass is 9.99. The first-order valence-corrected chi connectivity index (χ1v) is 7.64. The summed E-state index contributed by atoms with van der Waals surface area (Å²) in [6.07, 6.45) is 2.19. The quantitative estimate of drug-likeness (QED) is 0.390. The summed E-state index contributed by atoms with van der Waals surface area (Å²) in [4.78, 5) is 0. The molecule has 0 unspecified atom stereocenters. The molecule has 0 heterocycles. The van der Waals surface area contributed by atoms with Crippen LogP contribution in [-0.4, -0.2) is 0 Å². The summed E-state index contributed by atoms with van der Waals surface area (Å²) < 4.78 is 0.890. The topological polar surface area (TPSA) is 0 Å². The number of rotatable bonds is 3. The zero-order chi connectivity index (χ0) is 14.7. The van der Waals surface area contributed by atoms with E-state index in [1.807, 2.05) is 18.2 Å². The molecule has 1 heteroatoms. The summed E-state index contributed by atoms with van der Waals surface area (Å²) in [6.45, 7) is 4.06. The van der Waals surface area contributed by atoms with Crippen LogP contribution in [0.1, 0.15) is 11.1 Å². The minimum Gasteiger partial charge on any atom is -0.0841 e. The molecule has 102 valence electrons. The third kappa shape index (κ3) is 2.98. The molecule has 0 aliphatic carbocycles. The van der Waals surface area contributed by atoms with E-state index >= 15 is 0 Å². The maximum absolute atomic E-state index is 4.06. The van der Waals surface area contributed by atoms with Gasteiger partial charge in [-0.1, -0.05) is 95.3 Å². The van der Waals surface area contributed by atoms with Crippen LogP contribution in [0, 0.1) is 0 Å². The van der Waals surface area contributed by atoms with Crippen LogP contribution in [0.5, 0.6) is 0 Å². The first-order valence-electron chi connectivity index (χ1n) is 6.85. The normalized spacial score (nSPS) is 11.6.